The standard InChI is InChI=1S/C10H8O4S/c11-8(12)5-4-6-2-1-3-7-9(6)15-10(13)14-7/h1-3H,4-5H2,(H,11,12). The fourth-order valence-electron chi connectivity index (χ4n) is 1.39. The van der Waals surface area contributed by atoms with Gasteiger partial charge in [0.15, 0.2) is 0 Å². The number of benzene rings is 1. The van der Waals surface area contributed by atoms with Gasteiger partial charge in [-0.2, -0.15) is 0 Å². The van der Waals surface area contributed by atoms with Crippen molar-refractivity contribution in [2.75, 3.05) is 0 Å². The lowest BCUT2D eigenvalue weighted by Gasteiger charge is -1.98. The van der Waals surface area contributed by atoms with Gasteiger partial charge < -0.3 is 9.52 Å². The van der Waals surface area contributed by atoms with Crippen molar-refractivity contribution in [1.82, 2.24) is 0 Å². The van der Waals surface area contributed by atoms with Crippen LogP contribution < -0.4 is 4.94 Å². The molecule has 1 aromatic heterocycles. The Morgan fingerprint density at radius 2 is 2.27 bits per heavy atom. The minimum atomic E-state index is -0.845. The van der Waals surface area contributed by atoms with Crippen LogP contribution in [0, 0.1) is 0 Å². The van der Waals surface area contributed by atoms with E-state index in [1.165, 1.54) is 0 Å². The van der Waals surface area contributed by atoms with Crippen LogP contribution in [0.15, 0.2) is 27.4 Å². The molecule has 0 bridgehead atoms. The molecule has 4 nitrogen and oxygen atoms in total. The number of aliphatic carboxylic acids is 1. The molecule has 0 amide bonds. The van der Waals surface area contributed by atoms with E-state index in [0.29, 0.717) is 12.0 Å². The monoisotopic (exact) mass is 224 g/mol. The molecule has 0 aliphatic carbocycles. The number of hydrogen-bond donors (Lipinski definition) is 1. The minimum absolute atomic E-state index is 0.0607. The Balaban J connectivity index is 2.41. The topological polar surface area (TPSA) is 67.5 Å². The van der Waals surface area contributed by atoms with Crippen LogP contribution in [0.3, 0.4) is 0 Å². The van der Waals surface area contributed by atoms with Gasteiger partial charge in [-0.3, -0.25) is 4.79 Å². The Morgan fingerprint density at radius 1 is 1.47 bits per heavy atom. The third kappa shape index (κ3) is 2.07. The van der Waals surface area contributed by atoms with E-state index in [2.05, 4.69) is 0 Å². The Hall–Kier alpha value is -1.62. The van der Waals surface area contributed by atoms with E-state index < -0.39 is 5.97 Å². The van der Waals surface area contributed by atoms with Crippen molar-refractivity contribution in [1.29, 1.82) is 0 Å². The van der Waals surface area contributed by atoms with Gasteiger partial charge in [0.1, 0.15) is 5.58 Å². The molecular weight excluding hydrogens is 216 g/mol. The van der Waals surface area contributed by atoms with Crippen molar-refractivity contribution in [3.05, 3.63) is 33.5 Å². The van der Waals surface area contributed by atoms with Crippen molar-refractivity contribution >= 4 is 27.6 Å². The number of rotatable bonds is 3. The van der Waals surface area contributed by atoms with Crippen LogP contribution in [-0.4, -0.2) is 11.1 Å². The maximum atomic E-state index is 11.0. The number of carboxylic acids is 1. The van der Waals surface area contributed by atoms with Gasteiger partial charge in [-0.05, 0) is 18.1 Å². The maximum Gasteiger partial charge on any atom is 0.396 e. The lowest BCUT2D eigenvalue weighted by Crippen LogP contribution is -1.97. The summed E-state index contributed by atoms with van der Waals surface area (Å²) in [4.78, 5) is 21.1. The Morgan fingerprint density at radius 3 is 3.00 bits per heavy atom. The molecule has 15 heavy (non-hydrogen) atoms. The third-order valence-electron chi connectivity index (χ3n) is 2.05. The van der Waals surface area contributed by atoms with Gasteiger partial charge in [-0.1, -0.05) is 23.5 Å². The second kappa shape index (κ2) is 3.86. The van der Waals surface area contributed by atoms with Gasteiger partial charge in [-0.15, -0.1) is 0 Å². The summed E-state index contributed by atoms with van der Waals surface area (Å²) >= 11 is 1.02. The number of aryl methyl sites for hydroxylation is 1. The van der Waals surface area contributed by atoms with Crippen LogP contribution in [-0.2, 0) is 11.2 Å². The van der Waals surface area contributed by atoms with Crippen LogP contribution in [0.25, 0.3) is 10.3 Å². The molecule has 5 heteroatoms. The molecule has 0 atom stereocenters. The lowest BCUT2D eigenvalue weighted by atomic mass is 10.1. The zero-order valence-electron chi connectivity index (χ0n) is 7.73. The Bertz CT molecular complexity index is 552. The van der Waals surface area contributed by atoms with Crippen molar-refractivity contribution in [2.45, 2.75) is 12.8 Å². The van der Waals surface area contributed by atoms with Gasteiger partial charge in [0.05, 0.1) is 4.70 Å². The SMILES string of the molecule is O=C(O)CCc1cccc2oc(=O)sc12. The van der Waals surface area contributed by atoms with E-state index in [4.69, 9.17) is 9.52 Å². The molecule has 0 aliphatic rings. The van der Waals surface area contributed by atoms with Crippen molar-refractivity contribution in [3.63, 3.8) is 0 Å². The molecule has 78 valence electrons. The van der Waals surface area contributed by atoms with E-state index in [1.54, 1.807) is 12.1 Å². The van der Waals surface area contributed by atoms with Gasteiger partial charge in [0, 0.05) is 6.42 Å². The molecule has 0 aliphatic heterocycles. The molecular formula is C10H8O4S. The molecule has 1 aromatic carbocycles. The zero-order valence-corrected chi connectivity index (χ0v) is 8.54. The number of hydrogen-bond acceptors (Lipinski definition) is 4. The molecule has 0 saturated carbocycles. The number of carbonyl (C=O) groups is 1. The van der Waals surface area contributed by atoms with Gasteiger partial charge in [0.2, 0.25) is 0 Å². The summed E-state index contributed by atoms with van der Waals surface area (Å²) < 4.78 is 5.68. The smallest absolute Gasteiger partial charge is 0.396 e. The summed E-state index contributed by atoms with van der Waals surface area (Å²) in [5.41, 5.74) is 1.39. The molecule has 0 radical (unpaired) electrons. The van der Waals surface area contributed by atoms with E-state index in [9.17, 15) is 9.59 Å². The van der Waals surface area contributed by atoms with Crippen molar-refractivity contribution in [2.24, 2.45) is 0 Å². The first-order valence-electron chi connectivity index (χ1n) is 4.40. The summed E-state index contributed by atoms with van der Waals surface area (Å²) in [5, 5.41) is 8.57. The van der Waals surface area contributed by atoms with Crippen molar-refractivity contribution < 1.29 is 14.3 Å². The van der Waals surface area contributed by atoms with E-state index in [-0.39, 0.29) is 11.4 Å². The third-order valence-corrected chi connectivity index (χ3v) is 2.96. The quantitative estimate of drug-likeness (QED) is 0.864. The van der Waals surface area contributed by atoms with E-state index in [0.717, 1.165) is 21.6 Å². The molecule has 2 aromatic rings. The number of carboxylic acid groups (broad SMARTS) is 1. The summed E-state index contributed by atoms with van der Waals surface area (Å²) in [5.74, 6) is -0.845. The normalized spacial score (nSPS) is 10.7. The summed E-state index contributed by atoms with van der Waals surface area (Å²) in [6, 6.07) is 5.28. The second-order valence-electron chi connectivity index (χ2n) is 3.09. The predicted molar refractivity (Wildman–Crippen MR) is 56.3 cm³/mol. The fraction of sp³-hybridized carbons (Fsp3) is 0.200. The highest BCUT2D eigenvalue weighted by molar-refractivity contribution is 7.16. The number of fused-ring (bicyclic) bond motifs is 1. The molecule has 0 saturated heterocycles. The van der Waals surface area contributed by atoms with Gasteiger partial charge in [0.25, 0.3) is 0 Å². The first kappa shape index (κ1) is 9.92. The average molecular weight is 224 g/mol. The average Bonchev–Trinajstić information content (AvgIpc) is 2.55. The lowest BCUT2D eigenvalue weighted by molar-refractivity contribution is -0.136. The molecule has 0 unspecified atom stereocenters. The van der Waals surface area contributed by atoms with E-state index >= 15 is 0 Å². The van der Waals surface area contributed by atoms with E-state index in [1.807, 2.05) is 6.07 Å². The highest BCUT2D eigenvalue weighted by Gasteiger charge is 2.08. The van der Waals surface area contributed by atoms with Crippen LogP contribution >= 0.6 is 11.3 Å². The van der Waals surface area contributed by atoms with Crippen LogP contribution in [0.2, 0.25) is 0 Å². The zero-order chi connectivity index (χ0) is 10.8. The second-order valence-corrected chi connectivity index (χ2v) is 4.04. The summed E-state index contributed by atoms with van der Waals surface area (Å²) in [6.07, 6.45) is 0.480. The summed E-state index contributed by atoms with van der Waals surface area (Å²) in [7, 11) is 0. The van der Waals surface area contributed by atoms with Crippen LogP contribution in [0.5, 0.6) is 0 Å². The first-order chi connectivity index (χ1) is 7.16. The first-order valence-corrected chi connectivity index (χ1v) is 5.22. The molecule has 1 heterocycles. The molecule has 2 rings (SSSR count). The van der Waals surface area contributed by atoms with Crippen LogP contribution in [0.1, 0.15) is 12.0 Å². The Kier molecular flexibility index (Phi) is 2.55. The maximum absolute atomic E-state index is 11.0. The van der Waals surface area contributed by atoms with Crippen LogP contribution in [0.4, 0.5) is 0 Å². The van der Waals surface area contributed by atoms with Gasteiger partial charge in [-0.25, -0.2) is 4.79 Å². The largest absolute Gasteiger partial charge is 0.481 e. The summed E-state index contributed by atoms with van der Waals surface area (Å²) in [6.45, 7) is 0. The van der Waals surface area contributed by atoms with Crippen molar-refractivity contribution in [3.8, 4) is 0 Å². The fourth-order valence-corrected chi connectivity index (χ4v) is 2.20. The Labute approximate surface area is 88.8 Å². The minimum Gasteiger partial charge on any atom is -0.481 e. The molecule has 0 spiro atoms. The molecule has 0 fully saturated rings. The predicted octanol–water partition coefficient (Wildman–Crippen LogP) is 1.87. The highest BCUT2D eigenvalue weighted by Crippen LogP contribution is 2.22. The molecule has 1 N–H and O–H groups in total. The van der Waals surface area contributed by atoms with Gasteiger partial charge >= 0.3 is 10.9 Å². The highest BCUT2D eigenvalue weighted by atomic mass is 32.1.